The molecule has 1 aliphatic rings. The summed E-state index contributed by atoms with van der Waals surface area (Å²) in [6.07, 6.45) is 5.75. The van der Waals surface area contributed by atoms with Gasteiger partial charge in [-0.3, -0.25) is 9.59 Å². The zero-order valence-corrected chi connectivity index (χ0v) is 18.2. The van der Waals surface area contributed by atoms with Gasteiger partial charge in [0.15, 0.2) is 18.2 Å². The molecule has 0 unspecified atom stereocenters. The van der Waals surface area contributed by atoms with Crippen molar-refractivity contribution < 1.29 is 27.9 Å². The fourth-order valence-corrected chi connectivity index (χ4v) is 4.10. The average Bonchev–Trinajstić information content (AvgIpc) is 3.07. The topological polar surface area (TPSA) is 89.4 Å². The highest BCUT2D eigenvalue weighted by atomic mass is 19.2. The van der Waals surface area contributed by atoms with Crippen molar-refractivity contribution in [3.63, 3.8) is 0 Å². The predicted octanol–water partition coefficient (Wildman–Crippen LogP) is 3.80. The van der Waals surface area contributed by atoms with E-state index in [1.54, 1.807) is 6.07 Å². The molecule has 0 spiro atoms. The van der Waals surface area contributed by atoms with Crippen LogP contribution >= 0.6 is 0 Å². The molecule has 32 heavy (non-hydrogen) atoms. The summed E-state index contributed by atoms with van der Waals surface area (Å²) in [6, 6.07) is 5.07. The molecular weight excluding hydrogens is 420 g/mol. The highest BCUT2D eigenvalue weighted by Crippen LogP contribution is 2.32. The summed E-state index contributed by atoms with van der Waals surface area (Å²) in [4.78, 5) is 36.3. The van der Waals surface area contributed by atoms with Gasteiger partial charge in [0.1, 0.15) is 0 Å². The van der Waals surface area contributed by atoms with E-state index < -0.39 is 42.6 Å². The van der Waals surface area contributed by atoms with Gasteiger partial charge in [-0.25, -0.2) is 13.6 Å². The van der Waals surface area contributed by atoms with Crippen LogP contribution in [0.2, 0.25) is 0 Å². The molecule has 1 heterocycles. The van der Waals surface area contributed by atoms with Crippen LogP contribution in [0.3, 0.4) is 0 Å². The van der Waals surface area contributed by atoms with Gasteiger partial charge in [0, 0.05) is 29.2 Å². The molecule has 2 N–H and O–H groups in total. The van der Waals surface area contributed by atoms with Crippen molar-refractivity contribution in [3.8, 4) is 0 Å². The summed E-state index contributed by atoms with van der Waals surface area (Å²) >= 11 is 0. The fraction of sp³-hybridized carbons (Fsp3) is 0.435. The molecule has 1 aromatic heterocycles. The number of aromatic nitrogens is 1. The summed E-state index contributed by atoms with van der Waals surface area (Å²) < 4.78 is 33.4. The van der Waals surface area contributed by atoms with Crippen molar-refractivity contribution in [3.05, 3.63) is 52.9 Å². The summed E-state index contributed by atoms with van der Waals surface area (Å²) in [5.41, 5.74) is 2.30. The van der Waals surface area contributed by atoms with Crippen LogP contribution in [-0.4, -0.2) is 35.5 Å². The van der Waals surface area contributed by atoms with Gasteiger partial charge in [0.05, 0.1) is 12.1 Å². The van der Waals surface area contributed by atoms with Crippen molar-refractivity contribution >= 4 is 23.5 Å². The minimum absolute atomic E-state index is 0.0582. The molecule has 1 saturated carbocycles. The first-order valence-electron chi connectivity index (χ1n) is 10.6. The van der Waals surface area contributed by atoms with Gasteiger partial charge in [-0.1, -0.05) is 19.3 Å². The van der Waals surface area contributed by atoms with Crippen molar-refractivity contribution in [2.45, 2.75) is 52.0 Å². The molecule has 0 bridgehead atoms. The Labute approximate surface area is 185 Å². The van der Waals surface area contributed by atoms with Crippen LogP contribution < -0.4 is 10.6 Å². The molecule has 0 aliphatic heterocycles. The third-order valence-corrected chi connectivity index (χ3v) is 5.63. The predicted molar refractivity (Wildman–Crippen MR) is 114 cm³/mol. The number of ether oxygens (including phenoxy) is 1. The van der Waals surface area contributed by atoms with Crippen molar-refractivity contribution in [1.82, 2.24) is 9.88 Å². The number of nitrogens with one attached hydrogen (secondary N) is 2. The number of amides is 2. The Morgan fingerprint density at radius 1 is 1.03 bits per heavy atom. The van der Waals surface area contributed by atoms with E-state index in [9.17, 15) is 23.2 Å². The van der Waals surface area contributed by atoms with Gasteiger partial charge in [-0.15, -0.1) is 0 Å². The van der Waals surface area contributed by atoms with E-state index in [-0.39, 0.29) is 5.69 Å². The van der Waals surface area contributed by atoms with E-state index in [0.29, 0.717) is 11.6 Å². The van der Waals surface area contributed by atoms with Gasteiger partial charge in [0.2, 0.25) is 5.91 Å². The number of anilines is 1. The quantitative estimate of drug-likeness (QED) is 0.632. The first-order chi connectivity index (χ1) is 15.3. The van der Waals surface area contributed by atoms with Crippen molar-refractivity contribution in [1.29, 1.82) is 0 Å². The van der Waals surface area contributed by atoms with Crippen LogP contribution in [-0.2, 0) is 14.3 Å². The standard InChI is InChI=1S/C23H27F2N3O4/c1-14-10-18(15(2)28(14)17-6-4-3-5-7-17)23(31)32-13-22(30)26-12-21(29)27-16-8-9-19(24)20(25)11-16/h8-11,17H,3-7,12-13H2,1-2H3,(H,26,30)(H,27,29). The third-order valence-electron chi connectivity index (χ3n) is 5.63. The van der Waals surface area contributed by atoms with Gasteiger partial charge in [0.25, 0.3) is 5.91 Å². The molecule has 3 rings (SSSR count). The zero-order valence-electron chi connectivity index (χ0n) is 18.2. The first kappa shape index (κ1) is 23.4. The molecular formula is C23H27F2N3O4. The lowest BCUT2D eigenvalue weighted by atomic mass is 9.95. The van der Waals surface area contributed by atoms with E-state index in [1.807, 2.05) is 13.8 Å². The van der Waals surface area contributed by atoms with Crippen LogP contribution in [0, 0.1) is 25.5 Å². The van der Waals surface area contributed by atoms with Gasteiger partial charge in [-0.05, 0) is 44.9 Å². The smallest absolute Gasteiger partial charge is 0.340 e. The second-order valence-corrected chi connectivity index (χ2v) is 7.98. The lowest BCUT2D eigenvalue weighted by Crippen LogP contribution is -2.35. The highest BCUT2D eigenvalue weighted by Gasteiger charge is 2.23. The van der Waals surface area contributed by atoms with E-state index in [4.69, 9.17) is 4.74 Å². The van der Waals surface area contributed by atoms with Crippen molar-refractivity contribution in [2.24, 2.45) is 0 Å². The lowest BCUT2D eigenvalue weighted by molar-refractivity contribution is -0.126. The van der Waals surface area contributed by atoms with Crippen LogP contribution in [0.1, 0.15) is 59.9 Å². The number of rotatable bonds is 7. The molecule has 2 amide bonds. The minimum Gasteiger partial charge on any atom is -0.452 e. The maximum Gasteiger partial charge on any atom is 0.340 e. The average molecular weight is 447 g/mol. The number of halogens is 2. The number of carbonyl (C=O) groups excluding carboxylic acids is 3. The van der Waals surface area contributed by atoms with E-state index in [2.05, 4.69) is 15.2 Å². The second kappa shape index (κ2) is 10.4. The Morgan fingerprint density at radius 2 is 1.75 bits per heavy atom. The number of hydrogen-bond acceptors (Lipinski definition) is 4. The summed E-state index contributed by atoms with van der Waals surface area (Å²) in [7, 11) is 0. The molecule has 1 aliphatic carbocycles. The highest BCUT2D eigenvalue weighted by molar-refractivity contribution is 5.96. The Morgan fingerprint density at radius 3 is 2.44 bits per heavy atom. The third kappa shape index (κ3) is 5.72. The summed E-state index contributed by atoms with van der Waals surface area (Å²) in [6.45, 7) is 2.88. The number of aryl methyl sites for hydroxylation is 1. The van der Waals surface area contributed by atoms with E-state index in [0.717, 1.165) is 36.4 Å². The second-order valence-electron chi connectivity index (χ2n) is 7.98. The largest absolute Gasteiger partial charge is 0.452 e. The first-order valence-corrected chi connectivity index (χ1v) is 10.6. The number of esters is 1. The number of carbonyl (C=O) groups is 3. The van der Waals surface area contributed by atoms with Crippen LogP contribution in [0.5, 0.6) is 0 Å². The van der Waals surface area contributed by atoms with Crippen LogP contribution in [0.15, 0.2) is 24.3 Å². The Bertz CT molecular complexity index is 1010. The molecule has 0 saturated heterocycles. The molecule has 0 atom stereocenters. The maximum absolute atomic E-state index is 13.2. The number of benzene rings is 1. The normalized spacial score (nSPS) is 14.1. The van der Waals surface area contributed by atoms with Crippen molar-refractivity contribution in [2.75, 3.05) is 18.5 Å². The molecule has 172 valence electrons. The van der Waals surface area contributed by atoms with E-state index >= 15 is 0 Å². The van der Waals surface area contributed by atoms with Crippen LogP contribution in [0.4, 0.5) is 14.5 Å². The SMILES string of the molecule is Cc1cc(C(=O)OCC(=O)NCC(=O)Nc2ccc(F)c(F)c2)c(C)n1C1CCCCC1. The lowest BCUT2D eigenvalue weighted by Gasteiger charge is -2.26. The van der Waals surface area contributed by atoms with E-state index in [1.165, 1.54) is 25.3 Å². The molecule has 0 radical (unpaired) electrons. The Kier molecular flexibility index (Phi) is 7.61. The zero-order chi connectivity index (χ0) is 23.3. The minimum atomic E-state index is -1.10. The molecule has 9 heteroatoms. The Balaban J connectivity index is 1.48. The van der Waals surface area contributed by atoms with Gasteiger partial charge >= 0.3 is 5.97 Å². The molecule has 1 fully saturated rings. The molecule has 7 nitrogen and oxygen atoms in total. The Hall–Kier alpha value is -3.23. The summed E-state index contributed by atoms with van der Waals surface area (Å²) in [5.74, 6) is -4.01. The maximum atomic E-state index is 13.2. The van der Waals surface area contributed by atoms with Gasteiger partial charge in [-0.2, -0.15) is 0 Å². The number of hydrogen-bond donors (Lipinski definition) is 2. The molecule has 1 aromatic carbocycles. The van der Waals surface area contributed by atoms with Gasteiger partial charge < -0.3 is 19.9 Å². The molecule has 2 aromatic rings. The monoisotopic (exact) mass is 447 g/mol. The fourth-order valence-electron chi connectivity index (χ4n) is 4.10. The summed E-state index contributed by atoms with van der Waals surface area (Å²) in [5, 5.41) is 4.65. The number of nitrogens with zero attached hydrogens (tertiary/aromatic N) is 1. The van der Waals surface area contributed by atoms with Crippen LogP contribution in [0.25, 0.3) is 0 Å².